The number of halogens is 2. The van der Waals surface area contributed by atoms with Gasteiger partial charge in [-0.3, -0.25) is 14.8 Å². The molecule has 4 rings (SSSR count). The van der Waals surface area contributed by atoms with Gasteiger partial charge in [-0.25, -0.2) is 4.39 Å². The fourth-order valence-corrected chi connectivity index (χ4v) is 4.12. The van der Waals surface area contributed by atoms with Crippen molar-refractivity contribution in [2.45, 2.75) is 26.3 Å². The van der Waals surface area contributed by atoms with Gasteiger partial charge in [0.2, 0.25) is 0 Å². The van der Waals surface area contributed by atoms with E-state index in [9.17, 15) is 9.18 Å². The van der Waals surface area contributed by atoms with Gasteiger partial charge in [0.05, 0.1) is 11.7 Å². The Morgan fingerprint density at radius 3 is 2.56 bits per heavy atom. The molecule has 0 aliphatic carbocycles. The second kappa shape index (κ2) is 6.93. The van der Waals surface area contributed by atoms with Gasteiger partial charge >= 0.3 is 0 Å². The minimum atomic E-state index is -0.330. The van der Waals surface area contributed by atoms with Crippen LogP contribution in [0, 0.1) is 11.7 Å². The molecule has 0 radical (unpaired) electrons. The SMILES string of the molecule is CC(C)Cc1n[nH]c2c1C(c1ccccc1Br)N(c1ccc(F)cc1)C2=O. The lowest BCUT2D eigenvalue weighted by Gasteiger charge is -2.27. The maximum Gasteiger partial charge on any atom is 0.277 e. The lowest BCUT2D eigenvalue weighted by molar-refractivity contribution is 0.0988. The largest absolute Gasteiger partial charge is 0.295 e. The Labute approximate surface area is 165 Å². The van der Waals surface area contributed by atoms with Crippen molar-refractivity contribution in [3.8, 4) is 0 Å². The Kier molecular flexibility index (Phi) is 4.60. The summed E-state index contributed by atoms with van der Waals surface area (Å²) >= 11 is 3.62. The van der Waals surface area contributed by atoms with Gasteiger partial charge in [0.15, 0.2) is 0 Å². The van der Waals surface area contributed by atoms with Crippen LogP contribution in [0.1, 0.15) is 47.2 Å². The van der Waals surface area contributed by atoms with E-state index in [1.807, 2.05) is 24.3 Å². The summed E-state index contributed by atoms with van der Waals surface area (Å²) in [7, 11) is 0. The monoisotopic (exact) mass is 427 g/mol. The predicted molar refractivity (Wildman–Crippen MR) is 106 cm³/mol. The predicted octanol–water partition coefficient (Wildman–Crippen LogP) is 5.26. The first kappa shape index (κ1) is 17.9. The van der Waals surface area contributed by atoms with Gasteiger partial charge in [-0.05, 0) is 48.2 Å². The quantitative estimate of drug-likeness (QED) is 0.617. The number of carbonyl (C=O) groups is 1. The molecule has 27 heavy (non-hydrogen) atoms. The number of amides is 1. The van der Waals surface area contributed by atoms with E-state index in [0.29, 0.717) is 17.3 Å². The Balaban J connectivity index is 1.91. The molecule has 1 N–H and O–H groups in total. The van der Waals surface area contributed by atoms with Gasteiger partial charge in [-0.15, -0.1) is 0 Å². The maximum atomic E-state index is 13.4. The molecule has 4 nitrogen and oxygen atoms in total. The Hall–Kier alpha value is -2.47. The number of nitrogens with zero attached hydrogens (tertiary/aromatic N) is 2. The van der Waals surface area contributed by atoms with Gasteiger partial charge in [0.25, 0.3) is 5.91 Å². The Bertz CT molecular complexity index is 997. The molecule has 0 saturated carbocycles. The van der Waals surface area contributed by atoms with E-state index < -0.39 is 0 Å². The summed E-state index contributed by atoms with van der Waals surface area (Å²) in [5.74, 6) is -0.0735. The first-order valence-corrected chi connectivity index (χ1v) is 9.67. The molecule has 1 aliphatic rings. The van der Waals surface area contributed by atoms with Gasteiger partial charge in [0, 0.05) is 15.7 Å². The average Bonchev–Trinajstić information content (AvgIpc) is 3.15. The molecule has 1 aliphatic heterocycles. The zero-order valence-corrected chi connectivity index (χ0v) is 16.6. The highest BCUT2D eigenvalue weighted by Gasteiger charge is 2.43. The van der Waals surface area contributed by atoms with Crippen molar-refractivity contribution in [1.29, 1.82) is 0 Å². The van der Waals surface area contributed by atoms with Crippen LogP contribution in [-0.2, 0) is 6.42 Å². The fraction of sp³-hybridized carbons (Fsp3) is 0.238. The van der Waals surface area contributed by atoms with Crippen molar-refractivity contribution in [3.05, 3.63) is 81.3 Å². The highest BCUT2D eigenvalue weighted by atomic mass is 79.9. The second-order valence-electron chi connectivity index (χ2n) is 7.13. The van der Waals surface area contributed by atoms with Crippen molar-refractivity contribution in [1.82, 2.24) is 10.2 Å². The topological polar surface area (TPSA) is 49.0 Å². The molecule has 1 atom stereocenters. The summed E-state index contributed by atoms with van der Waals surface area (Å²) in [6, 6.07) is 13.6. The molecule has 0 bridgehead atoms. The molecular weight excluding hydrogens is 409 g/mol. The van der Waals surface area contributed by atoms with Crippen LogP contribution in [0.15, 0.2) is 53.0 Å². The van der Waals surface area contributed by atoms with Crippen LogP contribution in [0.4, 0.5) is 10.1 Å². The summed E-state index contributed by atoms with van der Waals surface area (Å²) in [5.41, 5.74) is 3.95. The van der Waals surface area contributed by atoms with Crippen molar-refractivity contribution in [2.75, 3.05) is 4.90 Å². The van der Waals surface area contributed by atoms with Crippen LogP contribution in [0.3, 0.4) is 0 Å². The van der Waals surface area contributed by atoms with Crippen LogP contribution in [-0.4, -0.2) is 16.1 Å². The van der Waals surface area contributed by atoms with E-state index in [0.717, 1.165) is 27.7 Å². The number of fused-ring (bicyclic) bond motifs is 1. The van der Waals surface area contributed by atoms with Gasteiger partial charge in [0.1, 0.15) is 11.5 Å². The number of anilines is 1. The van der Waals surface area contributed by atoms with Gasteiger partial charge in [-0.2, -0.15) is 5.10 Å². The van der Waals surface area contributed by atoms with Crippen LogP contribution >= 0.6 is 15.9 Å². The molecule has 0 spiro atoms. The third-order valence-electron chi connectivity index (χ3n) is 4.75. The molecule has 1 aromatic heterocycles. The summed E-state index contributed by atoms with van der Waals surface area (Å²) < 4.78 is 14.4. The molecule has 1 unspecified atom stereocenters. The zero-order chi connectivity index (χ0) is 19.1. The second-order valence-corrected chi connectivity index (χ2v) is 7.99. The summed E-state index contributed by atoms with van der Waals surface area (Å²) in [5, 5.41) is 7.37. The summed E-state index contributed by atoms with van der Waals surface area (Å²) in [6.45, 7) is 4.26. The van der Waals surface area contributed by atoms with Crippen molar-refractivity contribution in [3.63, 3.8) is 0 Å². The smallest absolute Gasteiger partial charge is 0.277 e. The number of H-pyrrole nitrogens is 1. The van der Waals surface area contributed by atoms with Crippen LogP contribution in [0.5, 0.6) is 0 Å². The number of aromatic nitrogens is 2. The van der Waals surface area contributed by atoms with E-state index >= 15 is 0 Å². The van der Waals surface area contributed by atoms with Crippen LogP contribution in [0.25, 0.3) is 0 Å². The molecule has 2 heterocycles. The number of aromatic amines is 1. The van der Waals surface area contributed by atoms with Crippen LogP contribution < -0.4 is 4.90 Å². The molecule has 6 heteroatoms. The lowest BCUT2D eigenvalue weighted by Crippen LogP contribution is -2.29. The normalized spacial score (nSPS) is 16.3. The standard InChI is InChI=1S/C21H19BrFN3O/c1-12(2)11-17-18-19(25-24-17)21(27)26(14-9-7-13(23)8-10-14)20(18)15-5-3-4-6-16(15)22/h3-10,12,20H,11H2,1-2H3,(H,24,25). The molecular formula is C21H19BrFN3O. The number of hydrogen-bond donors (Lipinski definition) is 1. The Morgan fingerprint density at radius 2 is 1.89 bits per heavy atom. The molecule has 138 valence electrons. The first-order chi connectivity index (χ1) is 13.0. The summed E-state index contributed by atoms with van der Waals surface area (Å²) in [4.78, 5) is 14.9. The number of rotatable bonds is 4. The highest BCUT2D eigenvalue weighted by Crippen LogP contribution is 2.44. The first-order valence-electron chi connectivity index (χ1n) is 8.88. The number of benzene rings is 2. The van der Waals surface area contributed by atoms with E-state index in [4.69, 9.17) is 0 Å². The van der Waals surface area contributed by atoms with Crippen molar-refractivity contribution < 1.29 is 9.18 Å². The van der Waals surface area contributed by atoms with E-state index in [1.165, 1.54) is 12.1 Å². The van der Waals surface area contributed by atoms with Gasteiger partial charge < -0.3 is 0 Å². The van der Waals surface area contributed by atoms with Crippen molar-refractivity contribution in [2.24, 2.45) is 5.92 Å². The number of carbonyl (C=O) groups excluding carboxylic acids is 1. The van der Waals surface area contributed by atoms with E-state index in [-0.39, 0.29) is 17.8 Å². The third kappa shape index (κ3) is 3.08. The van der Waals surface area contributed by atoms with Crippen LogP contribution in [0.2, 0.25) is 0 Å². The number of nitrogens with one attached hydrogen (secondary N) is 1. The highest BCUT2D eigenvalue weighted by molar-refractivity contribution is 9.10. The van der Waals surface area contributed by atoms with E-state index in [2.05, 4.69) is 40.0 Å². The lowest BCUT2D eigenvalue weighted by atomic mass is 9.95. The fourth-order valence-electron chi connectivity index (χ4n) is 3.61. The molecule has 0 fully saturated rings. The average molecular weight is 428 g/mol. The number of hydrogen-bond acceptors (Lipinski definition) is 2. The summed E-state index contributed by atoms with van der Waals surface area (Å²) in [6.07, 6.45) is 0.775. The molecule has 3 aromatic rings. The zero-order valence-electron chi connectivity index (χ0n) is 15.0. The minimum absolute atomic E-state index is 0.153. The Morgan fingerprint density at radius 1 is 1.19 bits per heavy atom. The molecule has 1 amide bonds. The van der Waals surface area contributed by atoms with Crippen molar-refractivity contribution >= 4 is 27.5 Å². The minimum Gasteiger partial charge on any atom is -0.295 e. The molecule has 2 aromatic carbocycles. The third-order valence-corrected chi connectivity index (χ3v) is 5.48. The molecule has 0 saturated heterocycles. The van der Waals surface area contributed by atoms with Gasteiger partial charge in [-0.1, -0.05) is 48.0 Å². The maximum absolute atomic E-state index is 13.4. The van der Waals surface area contributed by atoms with E-state index in [1.54, 1.807) is 17.0 Å².